The van der Waals surface area contributed by atoms with Gasteiger partial charge in [-0.05, 0) is 42.3 Å². The van der Waals surface area contributed by atoms with Crippen LogP contribution >= 0.6 is 15.9 Å². The number of rotatable bonds is 7. The van der Waals surface area contributed by atoms with Gasteiger partial charge < -0.3 is 10.2 Å². The number of anilines is 1. The number of pyridine rings is 1. The summed E-state index contributed by atoms with van der Waals surface area (Å²) in [5.41, 5.74) is 3.75. The van der Waals surface area contributed by atoms with Gasteiger partial charge in [0.05, 0.1) is 11.9 Å². The average Bonchev–Trinajstić information content (AvgIpc) is 2.48. The summed E-state index contributed by atoms with van der Waals surface area (Å²) in [4.78, 5) is 6.52. The number of halogens is 1. The highest BCUT2D eigenvalue weighted by Crippen LogP contribution is 2.21. The first-order chi connectivity index (χ1) is 10.2. The Morgan fingerprint density at radius 3 is 2.90 bits per heavy atom. The molecular formula is C17H22BrN3. The predicted octanol–water partition coefficient (Wildman–Crippen LogP) is 3.98. The van der Waals surface area contributed by atoms with Crippen molar-refractivity contribution in [3.8, 4) is 0 Å². The number of nitrogens with zero attached hydrogens (tertiary/aromatic N) is 2. The Morgan fingerprint density at radius 1 is 1.29 bits per heavy atom. The van der Waals surface area contributed by atoms with Gasteiger partial charge >= 0.3 is 0 Å². The average molecular weight is 348 g/mol. The molecule has 0 saturated heterocycles. The number of hydrogen-bond donors (Lipinski definition) is 1. The van der Waals surface area contributed by atoms with Crippen LogP contribution in [0.2, 0.25) is 0 Å². The molecule has 1 heterocycles. The highest BCUT2D eigenvalue weighted by atomic mass is 79.9. The molecule has 0 amide bonds. The van der Waals surface area contributed by atoms with Crippen molar-refractivity contribution in [1.29, 1.82) is 0 Å². The third-order valence-electron chi connectivity index (χ3n) is 3.35. The molecule has 0 aliphatic heterocycles. The molecular weight excluding hydrogens is 326 g/mol. The van der Waals surface area contributed by atoms with Gasteiger partial charge in [-0.15, -0.1) is 0 Å². The third kappa shape index (κ3) is 4.83. The summed E-state index contributed by atoms with van der Waals surface area (Å²) in [6.45, 7) is 4.97. The van der Waals surface area contributed by atoms with Crippen LogP contribution in [0.15, 0.2) is 47.2 Å². The molecule has 0 unspecified atom stereocenters. The molecule has 2 rings (SSSR count). The summed E-state index contributed by atoms with van der Waals surface area (Å²) in [7, 11) is 2.11. The minimum Gasteiger partial charge on any atom is -0.369 e. The maximum atomic E-state index is 4.28. The second-order valence-electron chi connectivity index (χ2n) is 5.17. The van der Waals surface area contributed by atoms with Crippen LogP contribution in [0.25, 0.3) is 0 Å². The van der Waals surface area contributed by atoms with Crippen LogP contribution in [0.5, 0.6) is 0 Å². The second-order valence-corrected chi connectivity index (χ2v) is 6.08. The van der Waals surface area contributed by atoms with Gasteiger partial charge in [-0.3, -0.25) is 4.98 Å². The van der Waals surface area contributed by atoms with Gasteiger partial charge in [0.15, 0.2) is 0 Å². The lowest BCUT2D eigenvalue weighted by Crippen LogP contribution is -2.21. The standard InChI is InChI=1S/C17H22BrN3/c1-3-8-19-11-15-7-9-20-12-17(15)21(2)13-14-5-4-6-16(18)10-14/h4-7,9-10,12,19H,3,8,11,13H2,1-2H3. The first-order valence-corrected chi connectivity index (χ1v) is 8.09. The number of nitrogens with one attached hydrogen (secondary N) is 1. The lowest BCUT2D eigenvalue weighted by Gasteiger charge is -2.22. The van der Waals surface area contributed by atoms with E-state index in [4.69, 9.17) is 0 Å². The van der Waals surface area contributed by atoms with Crippen LogP contribution in [-0.4, -0.2) is 18.6 Å². The van der Waals surface area contributed by atoms with E-state index < -0.39 is 0 Å². The molecule has 0 bridgehead atoms. The van der Waals surface area contributed by atoms with E-state index in [9.17, 15) is 0 Å². The molecule has 1 aromatic carbocycles. The summed E-state index contributed by atoms with van der Waals surface area (Å²) in [5, 5.41) is 3.46. The van der Waals surface area contributed by atoms with Crippen molar-refractivity contribution in [3.05, 3.63) is 58.3 Å². The highest BCUT2D eigenvalue weighted by Gasteiger charge is 2.08. The Kier molecular flexibility index (Phi) is 6.21. The topological polar surface area (TPSA) is 28.2 Å². The van der Waals surface area contributed by atoms with E-state index >= 15 is 0 Å². The summed E-state index contributed by atoms with van der Waals surface area (Å²) in [6, 6.07) is 10.5. The zero-order valence-corrected chi connectivity index (χ0v) is 14.2. The van der Waals surface area contributed by atoms with Crippen molar-refractivity contribution >= 4 is 21.6 Å². The van der Waals surface area contributed by atoms with E-state index in [0.29, 0.717) is 0 Å². The lowest BCUT2D eigenvalue weighted by atomic mass is 10.1. The normalized spacial score (nSPS) is 10.6. The largest absolute Gasteiger partial charge is 0.369 e. The zero-order chi connectivity index (χ0) is 15.1. The number of aromatic nitrogens is 1. The van der Waals surface area contributed by atoms with Crippen LogP contribution < -0.4 is 10.2 Å². The van der Waals surface area contributed by atoms with Crippen LogP contribution in [0.3, 0.4) is 0 Å². The van der Waals surface area contributed by atoms with Gasteiger partial charge in [0, 0.05) is 30.8 Å². The van der Waals surface area contributed by atoms with Crippen LogP contribution in [-0.2, 0) is 13.1 Å². The SMILES string of the molecule is CCCNCc1ccncc1N(C)Cc1cccc(Br)c1. The molecule has 0 spiro atoms. The maximum absolute atomic E-state index is 4.28. The first-order valence-electron chi connectivity index (χ1n) is 7.30. The van der Waals surface area contributed by atoms with Gasteiger partial charge in [0.2, 0.25) is 0 Å². The van der Waals surface area contributed by atoms with E-state index in [0.717, 1.165) is 30.5 Å². The van der Waals surface area contributed by atoms with Gasteiger partial charge in [-0.2, -0.15) is 0 Å². The summed E-state index contributed by atoms with van der Waals surface area (Å²) in [5.74, 6) is 0. The van der Waals surface area contributed by atoms with Gasteiger partial charge in [-0.25, -0.2) is 0 Å². The van der Waals surface area contributed by atoms with Crippen molar-refractivity contribution in [2.24, 2.45) is 0 Å². The van der Waals surface area contributed by atoms with E-state index in [-0.39, 0.29) is 0 Å². The minimum atomic E-state index is 0.867. The Labute approximate surface area is 135 Å². The van der Waals surface area contributed by atoms with Gasteiger partial charge in [0.25, 0.3) is 0 Å². The first kappa shape index (κ1) is 16.0. The molecule has 0 aliphatic rings. The summed E-state index contributed by atoms with van der Waals surface area (Å²) in [6.07, 6.45) is 4.95. The molecule has 0 aliphatic carbocycles. The van der Waals surface area contributed by atoms with E-state index in [1.165, 1.54) is 16.8 Å². The molecule has 2 aromatic rings. The van der Waals surface area contributed by atoms with Crippen LogP contribution in [0.1, 0.15) is 24.5 Å². The van der Waals surface area contributed by atoms with Crippen molar-refractivity contribution < 1.29 is 0 Å². The minimum absolute atomic E-state index is 0.867. The molecule has 0 fully saturated rings. The predicted molar refractivity (Wildman–Crippen MR) is 92.5 cm³/mol. The Hall–Kier alpha value is -1.39. The fraction of sp³-hybridized carbons (Fsp3) is 0.353. The lowest BCUT2D eigenvalue weighted by molar-refractivity contribution is 0.673. The molecule has 21 heavy (non-hydrogen) atoms. The molecule has 3 nitrogen and oxygen atoms in total. The fourth-order valence-corrected chi connectivity index (χ4v) is 2.75. The molecule has 1 aromatic heterocycles. The smallest absolute Gasteiger partial charge is 0.0598 e. The van der Waals surface area contributed by atoms with Crippen molar-refractivity contribution in [2.45, 2.75) is 26.4 Å². The highest BCUT2D eigenvalue weighted by molar-refractivity contribution is 9.10. The van der Waals surface area contributed by atoms with E-state index in [1.807, 2.05) is 18.5 Å². The summed E-state index contributed by atoms with van der Waals surface area (Å²) >= 11 is 3.52. The van der Waals surface area contributed by atoms with E-state index in [1.54, 1.807) is 0 Å². The zero-order valence-electron chi connectivity index (χ0n) is 12.6. The van der Waals surface area contributed by atoms with Crippen molar-refractivity contribution in [2.75, 3.05) is 18.5 Å². The van der Waals surface area contributed by atoms with Gasteiger partial charge in [-0.1, -0.05) is 35.0 Å². The Balaban J connectivity index is 2.09. The van der Waals surface area contributed by atoms with Crippen LogP contribution in [0, 0.1) is 0 Å². The molecule has 4 heteroatoms. The maximum Gasteiger partial charge on any atom is 0.0598 e. The molecule has 0 radical (unpaired) electrons. The van der Waals surface area contributed by atoms with Crippen molar-refractivity contribution in [3.63, 3.8) is 0 Å². The van der Waals surface area contributed by atoms with Gasteiger partial charge in [0.1, 0.15) is 0 Å². The molecule has 1 N–H and O–H groups in total. The number of benzene rings is 1. The monoisotopic (exact) mass is 347 g/mol. The summed E-state index contributed by atoms with van der Waals surface area (Å²) < 4.78 is 1.12. The van der Waals surface area contributed by atoms with E-state index in [2.05, 4.69) is 69.4 Å². The Morgan fingerprint density at radius 2 is 2.14 bits per heavy atom. The fourth-order valence-electron chi connectivity index (χ4n) is 2.30. The third-order valence-corrected chi connectivity index (χ3v) is 3.84. The molecule has 0 saturated carbocycles. The Bertz CT molecular complexity index is 571. The number of hydrogen-bond acceptors (Lipinski definition) is 3. The second kappa shape index (κ2) is 8.15. The van der Waals surface area contributed by atoms with Crippen LogP contribution in [0.4, 0.5) is 5.69 Å². The molecule has 0 atom stereocenters. The van der Waals surface area contributed by atoms with Crippen molar-refractivity contribution in [1.82, 2.24) is 10.3 Å². The molecule has 112 valence electrons. The quantitative estimate of drug-likeness (QED) is 0.767.